The highest BCUT2D eigenvalue weighted by atomic mass is 19.4. The molecule has 0 aliphatic rings. The molecule has 0 spiro atoms. The van der Waals surface area contributed by atoms with Crippen molar-refractivity contribution < 1.29 is 17.9 Å². The summed E-state index contributed by atoms with van der Waals surface area (Å²) in [7, 11) is 0. The number of anilines is 1. The van der Waals surface area contributed by atoms with Gasteiger partial charge in [0.15, 0.2) is 11.7 Å². The Morgan fingerprint density at radius 1 is 1.14 bits per heavy atom. The number of halogens is 3. The number of nitrogens with zero attached hydrogens (tertiary/aromatic N) is 3. The van der Waals surface area contributed by atoms with Gasteiger partial charge in [-0.15, -0.1) is 13.2 Å². The Hall–Kier alpha value is -3.49. The molecule has 0 radical (unpaired) electrons. The molecule has 0 aliphatic heterocycles. The molecular formula is C19H18F3N5O. The van der Waals surface area contributed by atoms with Crippen LogP contribution in [0.15, 0.2) is 72.2 Å². The highest BCUT2D eigenvalue weighted by Crippen LogP contribution is 2.29. The average Bonchev–Trinajstić information content (AvgIpc) is 3.14. The first-order valence-electron chi connectivity index (χ1n) is 8.34. The second-order valence-electron chi connectivity index (χ2n) is 5.93. The van der Waals surface area contributed by atoms with Gasteiger partial charge in [-0.05, 0) is 23.3 Å². The van der Waals surface area contributed by atoms with Crippen molar-refractivity contribution >= 4 is 11.6 Å². The lowest BCUT2D eigenvalue weighted by atomic mass is 10.1. The SMILES string of the molecule is NC(=NCc1cccc(Cn2ccnc2)c1)Nc1ccccc1OC(F)(F)F. The lowest BCUT2D eigenvalue weighted by molar-refractivity contribution is -0.274. The Morgan fingerprint density at radius 3 is 2.68 bits per heavy atom. The molecule has 0 bridgehead atoms. The van der Waals surface area contributed by atoms with E-state index in [1.807, 2.05) is 35.0 Å². The van der Waals surface area contributed by atoms with E-state index in [1.165, 1.54) is 18.2 Å². The van der Waals surface area contributed by atoms with Crippen LogP contribution >= 0.6 is 0 Å². The number of imidazole rings is 1. The monoisotopic (exact) mass is 389 g/mol. The minimum atomic E-state index is -4.79. The molecule has 0 amide bonds. The highest BCUT2D eigenvalue weighted by molar-refractivity contribution is 5.93. The fourth-order valence-corrected chi connectivity index (χ4v) is 2.55. The first-order chi connectivity index (χ1) is 13.4. The van der Waals surface area contributed by atoms with Crippen molar-refractivity contribution in [3.05, 3.63) is 78.4 Å². The van der Waals surface area contributed by atoms with Gasteiger partial charge in [0, 0.05) is 18.9 Å². The Labute approximate surface area is 159 Å². The van der Waals surface area contributed by atoms with E-state index in [0.717, 1.165) is 11.1 Å². The van der Waals surface area contributed by atoms with Crippen molar-refractivity contribution in [3.63, 3.8) is 0 Å². The normalized spacial score (nSPS) is 12.0. The number of guanidine groups is 1. The van der Waals surface area contributed by atoms with Crippen molar-refractivity contribution in [2.24, 2.45) is 10.7 Å². The number of nitrogens with one attached hydrogen (secondary N) is 1. The van der Waals surface area contributed by atoms with Gasteiger partial charge in [-0.1, -0.05) is 36.4 Å². The number of rotatable bonds is 6. The number of ether oxygens (including phenoxy) is 1. The first kappa shape index (κ1) is 19.3. The molecule has 1 heterocycles. The maximum absolute atomic E-state index is 12.5. The summed E-state index contributed by atoms with van der Waals surface area (Å²) >= 11 is 0. The van der Waals surface area contributed by atoms with Crippen LogP contribution in [-0.2, 0) is 13.1 Å². The van der Waals surface area contributed by atoms with Crippen LogP contribution in [0, 0.1) is 0 Å². The molecule has 0 atom stereocenters. The van der Waals surface area contributed by atoms with Crippen molar-refractivity contribution in [1.82, 2.24) is 9.55 Å². The van der Waals surface area contributed by atoms with E-state index in [4.69, 9.17) is 5.73 Å². The number of hydrogen-bond donors (Lipinski definition) is 2. The Bertz CT molecular complexity index is 939. The molecule has 0 fully saturated rings. The zero-order valence-electron chi connectivity index (χ0n) is 14.7. The zero-order valence-corrected chi connectivity index (χ0v) is 14.7. The standard InChI is InChI=1S/C19H18F3N5O/c20-19(21,22)28-17-7-2-1-6-16(17)26-18(23)25-11-14-4-3-5-15(10-14)12-27-9-8-24-13-27/h1-10,13H,11-12H2,(H3,23,25,26). The average molecular weight is 389 g/mol. The van der Waals surface area contributed by atoms with Gasteiger partial charge in [-0.25, -0.2) is 9.98 Å². The fraction of sp³-hybridized carbons (Fsp3) is 0.158. The van der Waals surface area contributed by atoms with E-state index in [2.05, 4.69) is 20.0 Å². The minimum absolute atomic E-state index is 0.0155. The summed E-state index contributed by atoms with van der Waals surface area (Å²) < 4.78 is 43.4. The third-order valence-corrected chi connectivity index (χ3v) is 3.72. The summed E-state index contributed by atoms with van der Waals surface area (Å²) in [6.07, 6.45) is 0.514. The fourth-order valence-electron chi connectivity index (χ4n) is 2.55. The van der Waals surface area contributed by atoms with E-state index < -0.39 is 6.36 Å². The van der Waals surface area contributed by atoms with Gasteiger partial charge in [-0.2, -0.15) is 0 Å². The summed E-state index contributed by atoms with van der Waals surface area (Å²) in [4.78, 5) is 8.20. The molecule has 0 unspecified atom stereocenters. The topological polar surface area (TPSA) is 77.5 Å². The number of hydrogen-bond acceptors (Lipinski definition) is 3. The van der Waals surface area contributed by atoms with Crippen LogP contribution < -0.4 is 15.8 Å². The van der Waals surface area contributed by atoms with Gasteiger partial charge in [-0.3, -0.25) is 0 Å². The van der Waals surface area contributed by atoms with Crippen molar-refractivity contribution in [3.8, 4) is 5.75 Å². The van der Waals surface area contributed by atoms with Crippen LogP contribution in [0.4, 0.5) is 18.9 Å². The van der Waals surface area contributed by atoms with Gasteiger partial charge in [0.1, 0.15) is 0 Å². The third kappa shape index (κ3) is 5.76. The summed E-state index contributed by atoms with van der Waals surface area (Å²) in [6.45, 7) is 0.951. The lowest BCUT2D eigenvalue weighted by Gasteiger charge is -2.14. The maximum Gasteiger partial charge on any atom is 0.573 e. The Morgan fingerprint density at radius 2 is 1.93 bits per heavy atom. The second kappa shape index (κ2) is 8.47. The maximum atomic E-state index is 12.5. The molecule has 0 saturated carbocycles. The number of nitrogens with two attached hydrogens (primary N) is 1. The Kier molecular flexibility index (Phi) is 5.83. The number of benzene rings is 2. The van der Waals surface area contributed by atoms with Gasteiger partial charge in [0.25, 0.3) is 0 Å². The lowest BCUT2D eigenvalue weighted by Crippen LogP contribution is -2.24. The zero-order chi connectivity index (χ0) is 20.0. The molecule has 1 aromatic heterocycles. The number of alkyl halides is 3. The van der Waals surface area contributed by atoms with E-state index in [0.29, 0.717) is 6.54 Å². The summed E-state index contributed by atoms with van der Waals surface area (Å²) in [6, 6.07) is 13.4. The van der Waals surface area contributed by atoms with E-state index in [-0.39, 0.29) is 23.9 Å². The van der Waals surface area contributed by atoms with E-state index in [1.54, 1.807) is 18.6 Å². The first-order valence-corrected chi connectivity index (χ1v) is 8.34. The predicted molar refractivity (Wildman–Crippen MR) is 99.8 cm³/mol. The number of aromatic nitrogens is 2. The van der Waals surface area contributed by atoms with E-state index in [9.17, 15) is 13.2 Å². The molecule has 3 N–H and O–H groups in total. The molecule has 0 saturated heterocycles. The largest absolute Gasteiger partial charge is 0.573 e. The second-order valence-corrected chi connectivity index (χ2v) is 5.93. The van der Waals surface area contributed by atoms with Crippen LogP contribution in [0.25, 0.3) is 0 Å². The van der Waals surface area contributed by atoms with Crippen LogP contribution in [0.5, 0.6) is 5.75 Å². The summed E-state index contributed by atoms with van der Waals surface area (Å²) in [5.74, 6) is -0.395. The molecule has 9 heteroatoms. The van der Waals surface area contributed by atoms with Crippen LogP contribution in [-0.4, -0.2) is 21.9 Å². The summed E-state index contributed by atoms with van der Waals surface area (Å²) in [5, 5.41) is 2.64. The minimum Gasteiger partial charge on any atom is -0.404 e. The third-order valence-electron chi connectivity index (χ3n) is 3.72. The van der Waals surface area contributed by atoms with E-state index >= 15 is 0 Å². The Balaban J connectivity index is 1.65. The van der Waals surface area contributed by atoms with Crippen LogP contribution in [0.3, 0.4) is 0 Å². The predicted octanol–water partition coefficient (Wildman–Crippen LogP) is 3.76. The number of para-hydroxylation sites is 2. The smallest absolute Gasteiger partial charge is 0.404 e. The van der Waals surface area contributed by atoms with Crippen LogP contribution in [0.2, 0.25) is 0 Å². The molecule has 6 nitrogen and oxygen atoms in total. The van der Waals surface area contributed by atoms with Crippen molar-refractivity contribution in [2.45, 2.75) is 19.5 Å². The van der Waals surface area contributed by atoms with Gasteiger partial charge in [0.2, 0.25) is 0 Å². The van der Waals surface area contributed by atoms with Gasteiger partial charge >= 0.3 is 6.36 Å². The summed E-state index contributed by atoms with van der Waals surface area (Å²) in [5.41, 5.74) is 7.89. The van der Waals surface area contributed by atoms with Crippen molar-refractivity contribution in [1.29, 1.82) is 0 Å². The molecule has 3 aromatic rings. The molecule has 2 aromatic carbocycles. The molecule has 28 heavy (non-hydrogen) atoms. The van der Waals surface area contributed by atoms with Crippen LogP contribution in [0.1, 0.15) is 11.1 Å². The molecule has 0 aliphatic carbocycles. The molecule has 3 rings (SSSR count). The van der Waals surface area contributed by atoms with Crippen molar-refractivity contribution in [2.75, 3.05) is 5.32 Å². The highest BCUT2D eigenvalue weighted by Gasteiger charge is 2.32. The molecule has 146 valence electrons. The van der Waals surface area contributed by atoms with Gasteiger partial charge in [0.05, 0.1) is 18.6 Å². The quantitative estimate of drug-likeness (QED) is 0.497. The number of aliphatic imine (C=N–C) groups is 1. The molecular weight excluding hydrogens is 371 g/mol. The van der Waals surface area contributed by atoms with Gasteiger partial charge < -0.3 is 20.4 Å².